The highest BCUT2D eigenvalue weighted by atomic mass is 32.2. The number of hydrogen-bond acceptors (Lipinski definition) is 5. The summed E-state index contributed by atoms with van der Waals surface area (Å²) in [6.07, 6.45) is 3.46. The number of nitrogens with zero attached hydrogens (tertiary/aromatic N) is 1. The summed E-state index contributed by atoms with van der Waals surface area (Å²) < 4.78 is 47.7. The predicted molar refractivity (Wildman–Crippen MR) is 163 cm³/mol. The third kappa shape index (κ3) is 6.37. The van der Waals surface area contributed by atoms with Crippen molar-refractivity contribution < 1.29 is 26.9 Å². The molecule has 4 aromatic carbocycles. The van der Waals surface area contributed by atoms with E-state index in [1.54, 1.807) is 12.1 Å². The molecule has 0 bridgehead atoms. The second-order valence-corrected chi connectivity index (χ2v) is 11.9. The van der Waals surface area contributed by atoms with Crippen LogP contribution in [0.15, 0.2) is 101 Å². The van der Waals surface area contributed by atoms with E-state index in [9.17, 15) is 17.6 Å². The van der Waals surface area contributed by atoms with Gasteiger partial charge in [-0.15, -0.1) is 0 Å². The number of unbranched alkanes of at least 4 members (excludes halogenated alkanes) is 1. The lowest BCUT2D eigenvalue weighted by Crippen LogP contribution is -2.31. The van der Waals surface area contributed by atoms with Crippen molar-refractivity contribution in [1.29, 1.82) is 0 Å². The standard InChI is InChI=1S/C33H31FN2O5S/c1-40-35-33(37)31-28-21-27(24-14-7-4-8-15-24)29(22-30(28)41-32(31)25-16-18-26(34)19-17-25)36(42(2,38)39)20-10-9-13-23-11-5-3-6-12-23/h3-8,11-12,14-19,21-22H,9-10,13,20H2,1-2H3,(H,35,37). The number of furan rings is 1. The highest BCUT2D eigenvalue weighted by molar-refractivity contribution is 7.92. The summed E-state index contributed by atoms with van der Waals surface area (Å²) >= 11 is 0. The van der Waals surface area contributed by atoms with Crippen LogP contribution >= 0.6 is 0 Å². The Kier molecular flexibility index (Phi) is 8.70. The zero-order valence-electron chi connectivity index (χ0n) is 23.3. The summed E-state index contributed by atoms with van der Waals surface area (Å²) in [5.41, 5.74) is 6.36. The van der Waals surface area contributed by atoms with E-state index in [-0.39, 0.29) is 17.9 Å². The van der Waals surface area contributed by atoms with Crippen molar-refractivity contribution in [3.63, 3.8) is 0 Å². The number of sulfonamides is 1. The van der Waals surface area contributed by atoms with E-state index in [2.05, 4.69) is 17.6 Å². The van der Waals surface area contributed by atoms with Crippen LogP contribution in [0.5, 0.6) is 0 Å². The molecule has 0 aliphatic rings. The molecule has 1 aromatic heterocycles. The highest BCUT2D eigenvalue weighted by Crippen LogP contribution is 2.41. The van der Waals surface area contributed by atoms with Crippen LogP contribution < -0.4 is 9.79 Å². The van der Waals surface area contributed by atoms with Gasteiger partial charge in [0.15, 0.2) is 0 Å². The molecule has 0 aliphatic heterocycles. The van der Waals surface area contributed by atoms with Gasteiger partial charge in [0, 0.05) is 29.1 Å². The van der Waals surface area contributed by atoms with Gasteiger partial charge in [-0.05, 0) is 60.7 Å². The van der Waals surface area contributed by atoms with E-state index in [1.807, 2.05) is 48.5 Å². The molecule has 0 aliphatic carbocycles. The summed E-state index contributed by atoms with van der Waals surface area (Å²) in [4.78, 5) is 18.1. The van der Waals surface area contributed by atoms with E-state index in [0.717, 1.165) is 18.4 Å². The van der Waals surface area contributed by atoms with Crippen molar-refractivity contribution in [2.24, 2.45) is 0 Å². The minimum Gasteiger partial charge on any atom is -0.455 e. The molecule has 0 spiro atoms. The van der Waals surface area contributed by atoms with E-state index in [1.165, 1.54) is 47.5 Å². The molecule has 1 amide bonds. The Labute approximate surface area is 244 Å². The third-order valence-electron chi connectivity index (χ3n) is 7.01. The molecule has 5 rings (SSSR count). The van der Waals surface area contributed by atoms with E-state index in [0.29, 0.717) is 34.2 Å². The van der Waals surface area contributed by atoms with Crippen LogP contribution in [-0.2, 0) is 21.3 Å². The van der Waals surface area contributed by atoms with Crippen LogP contribution in [-0.4, -0.2) is 34.2 Å². The molecule has 0 saturated carbocycles. The number of rotatable bonds is 11. The smallest absolute Gasteiger partial charge is 0.279 e. The van der Waals surface area contributed by atoms with E-state index < -0.39 is 21.7 Å². The summed E-state index contributed by atoms with van der Waals surface area (Å²) in [6.45, 7) is 0.263. The first-order valence-electron chi connectivity index (χ1n) is 13.5. The number of amides is 1. The van der Waals surface area contributed by atoms with Crippen molar-refractivity contribution in [3.05, 3.63) is 114 Å². The first kappa shape index (κ1) is 29.0. The molecule has 0 atom stereocenters. The Bertz CT molecular complexity index is 1790. The number of halogens is 1. The van der Waals surface area contributed by atoms with Crippen molar-refractivity contribution in [2.45, 2.75) is 19.3 Å². The maximum absolute atomic E-state index is 13.7. The van der Waals surface area contributed by atoms with Gasteiger partial charge in [-0.2, -0.15) is 0 Å². The number of carbonyl (C=O) groups is 1. The summed E-state index contributed by atoms with van der Waals surface area (Å²) in [6, 6.07) is 28.5. The summed E-state index contributed by atoms with van der Waals surface area (Å²) in [5, 5.41) is 0.462. The zero-order chi connectivity index (χ0) is 29.7. The number of fused-ring (bicyclic) bond motifs is 1. The SMILES string of the molecule is CONC(=O)c1c(-c2ccc(F)cc2)oc2cc(N(CCCCc3ccccc3)S(C)(=O)=O)c(-c3ccccc3)cc12. The maximum Gasteiger partial charge on any atom is 0.279 e. The van der Waals surface area contributed by atoms with Crippen molar-refractivity contribution >= 4 is 32.6 Å². The Morgan fingerprint density at radius 2 is 1.57 bits per heavy atom. The molecule has 42 heavy (non-hydrogen) atoms. The Hall–Kier alpha value is -4.47. The normalized spacial score (nSPS) is 11.5. The first-order valence-corrected chi connectivity index (χ1v) is 15.4. The van der Waals surface area contributed by atoms with Crippen LogP contribution in [0.4, 0.5) is 10.1 Å². The molecule has 0 unspecified atom stereocenters. The summed E-state index contributed by atoms with van der Waals surface area (Å²) in [5.74, 6) is -0.768. The molecule has 1 heterocycles. The lowest BCUT2D eigenvalue weighted by Gasteiger charge is -2.25. The van der Waals surface area contributed by atoms with Gasteiger partial charge in [0.1, 0.15) is 17.2 Å². The fraction of sp³-hybridized carbons (Fsp3) is 0.182. The topological polar surface area (TPSA) is 88.8 Å². The van der Waals surface area contributed by atoms with Gasteiger partial charge >= 0.3 is 0 Å². The molecular weight excluding hydrogens is 555 g/mol. The lowest BCUT2D eigenvalue weighted by molar-refractivity contribution is 0.0539. The Balaban J connectivity index is 1.64. The van der Waals surface area contributed by atoms with Gasteiger partial charge in [-0.3, -0.25) is 13.9 Å². The van der Waals surface area contributed by atoms with Gasteiger partial charge in [0.2, 0.25) is 10.0 Å². The van der Waals surface area contributed by atoms with Crippen molar-refractivity contribution in [3.8, 4) is 22.5 Å². The number of carbonyl (C=O) groups excluding carboxylic acids is 1. The van der Waals surface area contributed by atoms with E-state index in [4.69, 9.17) is 9.25 Å². The van der Waals surface area contributed by atoms with Crippen LogP contribution in [0, 0.1) is 5.82 Å². The van der Waals surface area contributed by atoms with Gasteiger partial charge in [-0.25, -0.2) is 18.3 Å². The molecule has 216 valence electrons. The van der Waals surface area contributed by atoms with Gasteiger partial charge in [-0.1, -0.05) is 60.7 Å². The fourth-order valence-electron chi connectivity index (χ4n) is 5.06. The quantitative estimate of drug-likeness (QED) is 0.133. The fourth-order valence-corrected chi connectivity index (χ4v) is 6.02. The van der Waals surface area contributed by atoms with Gasteiger partial charge in [0.05, 0.1) is 24.6 Å². The van der Waals surface area contributed by atoms with E-state index >= 15 is 0 Å². The van der Waals surface area contributed by atoms with Crippen molar-refractivity contribution in [1.82, 2.24) is 5.48 Å². The molecule has 7 nitrogen and oxygen atoms in total. The molecule has 9 heteroatoms. The first-order chi connectivity index (χ1) is 20.3. The number of nitrogens with one attached hydrogen (secondary N) is 1. The maximum atomic E-state index is 13.7. The molecule has 0 saturated heterocycles. The lowest BCUT2D eigenvalue weighted by atomic mass is 9.98. The van der Waals surface area contributed by atoms with Crippen LogP contribution in [0.3, 0.4) is 0 Å². The van der Waals surface area contributed by atoms with Crippen molar-refractivity contribution in [2.75, 3.05) is 24.2 Å². The molecule has 0 radical (unpaired) electrons. The summed E-state index contributed by atoms with van der Waals surface area (Å²) in [7, 11) is -2.37. The number of aryl methyl sites for hydroxylation is 1. The second kappa shape index (κ2) is 12.6. The Morgan fingerprint density at radius 3 is 2.21 bits per heavy atom. The van der Waals surface area contributed by atoms with Crippen LogP contribution in [0.25, 0.3) is 33.4 Å². The minimum atomic E-state index is -3.70. The minimum absolute atomic E-state index is 0.191. The van der Waals surface area contributed by atoms with Crippen LogP contribution in [0.1, 0.15) is 28.8 Å². The largest absolute Gasteiger partial charge is 0.455 e. The second-order valence-electron chi connectivity index (χ2n) is 9.96. The number of hydrogen-bond donors (Lipinski definition) is 1. The Morgan fingerprint density at radius 1 is 0.905 bits per heavy atom. The number of anilines is 1. The molecular formula is C33H31FN2O5S. The third-order valence-corrected chi connectivity index (χ3v) is 8.19. The monoisotopic (exact) mass is 586 g/mol. The number of benzene rings is 4. The van der Waals surface area contributed by atoms with Gasteiger partial charge < -0.3 is 4.42 Å². The van der Waals surface area contributed by atoms with Gasteiger partial charge in [0.25, 0.3) is 5.91 Å². The zero-order valence-corrected chi connectivity index (χ0v) is 24.2. The number of hydroxylamine groups is 1. The molecule has 1 N–H and O–H groups in total. The predicted octanol–water partition coefficient (Wildman–Crippen LogP) is 6.99. The highest BCUT2D eigenvalue weighted by Gasteiger charge is 2.27. The van der Waals surface area contributed by atoms with Crippen LogP contribution in [0.2, 0.25) is 0 Å². The average Bonchev–Trinajstić information content (AvgIpc) is 3.36. The average molecular weight is 587 g/mol. The molecule has 0 fully saturated rings. The molecule has 5 aromatic rings.